The Morgan fingerprint density at radius 3 is 3.05 bits per heavy atom. The van der Waals surface area contributed by atoms with Gasteiger partial charge in [-0.25, -0.2) is 0 Å². The maximum absolute atomic E-state index is 11.7. The van der Waals surface area contributed by atoms with Gasteiger partial charge in [-0.15, -0.1) is 6.58 Å². The van der Waals surface area contributed by atoms with Crippen molar-refractivity contribution in [3.63, 3.8) is 0 Å². The van der Waals surface area contributed by atoms with Crippen LogP contribution in [0.2, 0.25) is 0 Å². The van der Waals surface area contributed by atoms with E-state index in [-0.39, 0.29) is 0 Å². The zero-order valence-corrected chi connectivity index (χ0v) is 11.3. The number of nitrogens with one attached hydrogen (secondary N) is 1. The predicted molar refractivity (Wildman–Crippen MR) is 78.8 cm³/mol. The van der Waals surface area contributed by atoms with Crippen molar-refractivity contribution in [2.24, 2.45) is 0 Å². The van der Waals surface area contributed by atoms with Crippen molar-refractivity contribution >= 4 is 16.9 Å². The molecule has 2 aromatic rings. The van der Waals surface area contributed by atoms with Gasteiger partial charge in [0.15, 0.2) is 0 Å². The fraction of sp³-hybridized carbons (Fsp3) is 0.312. The Balaban J connectivity index is 2.06. The average Bonchev–Trinajstić information content (AvgIpc) is 2.82. The molecule has 4 heteroatoms. The fourth-order valence-electron chi connectivity index (χ4n) is 3.07. The third kappa shape index (κ3) is 2.02. The van der Waals surface area contributed by atoms with Crippen molar-refractivity contribution in [1.29, 1.82) is 0 Å². The summed E-state index contributed by atoms with van der Waals surface area (Å²) in [4.78, 5) is 17.0. The Bertz CT molecular complexity index is 660. The van der Waals surface area contributed by atoms with Gasteiger partial charge in [-0.05, 0) is 24.5 Å². The molecule has 0 unspecified atom stereocenters. The minimum atomic E-state index is -0.790. The van der Waals surface area contributed by atoms with E-state index in [0.29, 0.717) is 0 Å². The average molecular weight is 270 g/mol. The number of carbonyl (C=O) groups is 1. The molecular weight excluding hydrogens is 252 g/mol. The van der Waals surface area contributed by atoms with Crippen molar-refractivity contribution in [3.05, 3.63) is 48.2 Å². The lowest BCUT2D eigenvalue weighted by Gasteiger charge is -2.32. The number of rotatable bonds is 4. The Morgan fingerprint density at radius 2 is 2.30 bits per heavy atom. The van der Waals surface area contributed by atoms with Gasteiger partial charge in [0.25, 0.3) is 0 Å². The summed E-state index contributed by atoms with van der Waals surface area (Å²) in [5, 5.41) is 10.7. The van der Waals surface area contributed by atoms with Crippen LogP contribution < -0.4 is 0 Å². The number of benzene rings is 1. The topological polar surface area (TPSA) is 56.3 Å². The summed E-state index contributed by atoms with van der Waals surface area (Å²) in [6, 6.07) is 7.45. The molecule has 0 amide bonds. The third-order valence-corrected chi connectivity index (χ3v) is 3.99. The summed E-state index contributed by atoms with van der Waals surface area (Å²) in [7, 11) is 0. The molecule has 1 aliphatic heterocycles. The van der Waals surface area contributed by atoms with E-state index in [2.05, 4.69) is 17.6 Å². The number of aliphatic carboxylic acids is 1. The van der Waals surface area contributed by atoms with Gasteiger partial charge in [0.1, 0.15) is 6.04 Å². The van der Waals surface area contributed by atoms with Gasteiger partial charge in [0.05, 0.1) is 0 Å². The van der Waals surface area contributed by atoms with Gasteiger partial charge in [-0.2, -0.15) is 0 Å². The first kappa shape index (κ1) is 12.9. The molecule has 20 heavy (non-hydrogen) atoms. The van der Waals surface area contributed by atoms with Crippen molar-refractivity contribution in [2.45, 2.75) is 18.9 Å². The number of carboxylic acid groups (broad SMARTS) is 1. The van der Waals surface area contributed by atoms with E-state index in [1.807, 2.05) is 29.2 Å². The van der Waals surface area contributed by atoms with E-state index in [9.17, 15) is 9.90 Å². The molecule has 0 aliphatic carbocycles. The van der Waals surface area contributed by atoms with Crippen LogP contribution >= 0.6 is 0 Å². The highest BCUT2D eigenvalue weighted by Crippen LogP contribution is 2.34. The summed E-state index contributed by atoms with van der Waals surface area (Å²) in [5.74, 6) is -0.790. The first-order valence-electron chi connectivity index (χ1n) is 6.89. The smallest absolute Gasteiger partial charge is 0.327 e. The second-order valence-electron chi connectivity index (χ2n) is 5.17. The number of nitrogens with zero attached hydrogens (tertiary/aromatic N) is 1. The lowest BCUT2D eigenvalue weighted by Crippen LogP contribution is -2.40. The molecule has 3 rings (SSSR count). The number of hydrogen-bond donors (Lipinski definition) is 2. The predicted octanol–water partition coefficient (Wildman–Crippen LogP) is 2.73. The van der Waals surface area contributed by atoms with Crippen LogP contribution in [0.1, 0.15) is 23.7 Å². The standard InChI is InChI=1S/C16H18N2O2/c1-2-3-9-18-10-8-12-11-6-4-5-7-13(11)17-14(12)15(18)16(19)20/h2,4-7,15,17H,1,3,8-10H2,(H,19,20)/t15-/m1/s1. The minimum absolute atomic E-state index is 0.578. The maximum Gasteiger partial charge on any atom is 0.327 e. The SMILES string of the molecule is C=CCCN1CCc2c([nH]c3ccccc23)[C@@H]1C(=O)O. The quantitative estimate of drug-likeness (QED) is 0.840. The molecule has 1 aromatic carbocycles. The fourth-order valence-corrected chi connectivity index (χ4v) is 3.07. The number of aromatic amines is 1. The monoisotopic (exact) mass is 270 g/mol. The number of H-pyrrole nitrogens is 1. The lowest BCUT2D eigenvalue weighted by molar-refractivity contribution is -0.144. The van der Waals surface area contributed by atoms with E-state index < -0.39 is 12.0 Å². The van der Waals surface area contributed by atoms with Gasteiger partial charge in [0, 0.05) is 29.7 Å². The van der Waals surface area contributed by atoms with Crippen molar-refractivity contribution in [1.82, 2.24) is 9.88 Å². The molecule has 2 heterocycles. The molecule has 0 spiro atoms. The zero-order chi connectivity index (χ0) is 14.1. The van der Waals surface area contributed by atoms with E-state index in [4.69, 9.17) is 0 Å². The molecule has 1 aromatic heterocycles. The van der Waals surface area contributed by atoms with Crippen molar-refractivity contribution in [2.75, 3.05) is 13.1 Å². The van der Waals surface area contributed by atoms with E-state index in [0.717, 1.165) is 48.1 Å². The molecule has 104 valence electrons. The second kappa shape index (κ2) is 5.13. The molecular formula is C16H18N2O2. The largest absolute Gasteiger partial charge is 0.480 e. The molecule has 1 atom stereocenters. The van der Waals surface area contributed by atoms with Crippen molar-refractivity contribution < 1.29 is 9.90 Å². The van der Waals surface area contributed by atoms with E-state index in [1.54, 1.807) is 0 Å². The first-order valence-corrected chi connectivity index (χ1v) is 6.89. The third-order valence-electron chi connectivity index (χ3n) is 3.99. The molecule has 0 radical (unpaired) electrons. The zero-order valence-electron chi connectivity index (χ0n) is 11.3. The Labute approximate surface area is 117 Å². The van der Waals surface area contributed by atoms with Crippen LogP contribution in [-0.2, 0) is 11.2 Å². The van der Waals surface area contributed by atoms with E-state index in [1.165, 1.54) is 0 Å². The van der Waals surface area contributed by atoms with Crippen LogP contribution in [0, 0.1) is 0 Å². The number of para-hydroxylation sites is 1. The molecule has 0 fully saturated rings. The van der Waals surface area contributed by atoms with Crippen LogP contribution in [0.25, 0.3) is 10.9 Å². The first-order chi connectivity index (χ1) is 9.72. The summed E-state index contributed by atoms with van der Waals surface area (Å²) < 4.78 is 0. The number of fused-ring (bicyclic) bond motifs is 3. The van der Waals surface area contributed by atoms with Gasteiger partial charge in [-0.3, -0.25) is 9.69 Å². The number of hydrogen-bond acceptors (Lipinski definition) is 2. The highest BCUT2D eigenvalue weighted by atomic mass is 16.4. The maximum atomic E-state index is 11.7. The molecule has 0 bridgehead atoms. The lowest BCUT2D eigenvalue weighted by atomic mass is 9.97. The Morgan fingerprint density at radius 1 is 1.50 bits per heavy atom. The Kier molecular flexibility index (Phi) is 3.32. The van der Waals surface area contributed by atoms with Crippen LogP contribution in [-0.4, -0.2) is 34.0 Å². The van der Waals surface area contributed by atoms with Crippen molar-refractivity contribution in [3.8, 4) is 0 Å². The summed E-state index contributed by atoms with van der Waals surface area (Å²) >= 11 is 0. The highest BCUT2D eigenvalue weighted by Gasteiger charge is 2.34. The van der Waals surface area contributed by atoms with Crippen LogP contribution in [0.15, 0.2) is 36.9 Å². The summed E-state index contributed by atoms with van der Waals surface area (Å²) in [5.41, 5.74) is 3.02. The molecule has 1 aliphatic rings. The van der Waals surface area contributed by atoms with Gasteiger partial charge < -0.3 is 10.1 Å². The highest BCUT2D eigenvalue weighted by molar-refractivity contribution is 5.88. The second-order valence-corrected chi connectivity index (χ2v) is 5.17. The Hall–Kier alpha value is -2.07. The van der Waals surface area contributed by atoms with Gasteiger partial charge in [-0.1, -0.05) is 24.3 Å². The number of aromatic nitrogens is 1. The normalized spacial score (nSPS) is 18.9. The van der Waals surface area contributed by atoms with Crippen LogP contribution in [0.5, 0.6) is 0 Å². The molecule has 0 saturated heterocycles. The molecule has 2 N–H and O–H groups in total. The molecule has 4 nitrogen and oxygen atoms in total. The van der Waals surface area contributed by atoms with E-state index >= 15 is 0 Å². The van der Waals surface area contributed by atoms with Crippen LogP contribution in [0.4, 0.5) is 0 Å². The minimum Gasteiger partial charge on any atom is -0.480 e. The van der Waals surface area contributed by atoms with Gasteiger partial charge >= 0.3 is 5.97 Å². The summed E-state index contributed by atoms with van der Waals surface area (Å²) in [6.07, 6.45) is 3.53. The van der Waals surface area contributed by atoms with Crippen LogP contribution in [0.3, 0.4) is 0 Å². The molecule has 0 saturated carbocycles. The van der Waals surface area contributed by atoms with Gasteiger partial charge in [0.2, 0.25) is 0 Å². The number of carboxylic acids is 1. The summed E-state index contributed by atoms with van der Waals surface area (Å²) in [6.45, 7) is 5.22.